The summed E-state index contributed by atoms with van der Waals surface area (Å²) in [5.74, 6) is 1.66. The van der Waals surface area contributed by atoms with Crippen molar-refractivity contribution in [2.24, 2.45) is 5.92 Å². The van der Waals surface area contributed by atoms with E-state index in [1.54, 1.807) is 17.7 Å². The molecule has 2 aromatic rings. The molecule has 3 rings (SSSR count). The first-order chi connectivity index (χ1) is 9.72. The van der Waals surface area contributed by atoms with Crippen LogP contribution in [0.15, 0.2) is 6.33 Å². The van der Waals surface area contributed by atoms with Gasteiger partial charge in [-0.25, -0.2) is 9.97 Å². The van der Waals surface area contributed by atoms with E-state index >= 15 is 0 Å². The summed E-state index contributed by atoms with van der Waals surface area (Å²) in [6.45, 7) is 4.51. The fraction of sp³-hybridized carbons (Fsp3) is 0.600. The number of aliphatic hydroxyl groups is 1. The Morgan fingerprint density at radius 2 is 2.35 bits per heavy atom. The number of rotatable bonds is 4. The number of aliphatic hydroxyl groups excluding tert-OH is 1. The van der Waals surface area contributed by atoms with Gasteiger partial charge >= 0.3 is 0 Å². The molecular formula is C15H21N3OS. The second kappa shape index (κ2) is 5.66. The molecule has 0 saturated carbocycles. The van der Waals surface area contributed by atoms with Crippen molar-refractivity contribution in [3.05, 3.63) is 16.8 Å². The lowest BCUT2D eigenvalue weighted by molar-refractivity contribution is 0.271. The number of aromatic nitrogens is 2. The maximum Gasteiger partial charge on any atom is 0.138 e. The Hall–Kier alpha value is -1.20. The Bertz CT molecular complexity index is 606. The largest absolute Gasteiger partial charge is 0.394 e. The van der Waals surface area contributed by atoms with Crippen molar-refractivity contribution in [1.82, 2.24) is 9.97 Å². The Kier molecular flexibility index (Phi) is 3.89. The molecular weight excluding hydrogens is 270 g/mol. The fourth-order valence-corrected chi connectivity index (χ4v) is 4.21. The van der Waals surface area contributed by atoms with Crippen molar-refractivity contribution in [3.8, 4) is 0 Å². The van der Waals surface area contributed by atoms with Gasteiger partial charge in [-0.3, -0.25) is 0 Å². The third kappa shape index (κ3) is 2.40. The van der Waals surface area contributed by atoms with Crippen LogP contribution < -0.4 is 5.32 Å². The number of nitrogens with one attached hydrogen (secondary N) is 1. The van der Waals surface area contributed by atoms with E-state index in [0.29, 0.717) is 0 Å². The molecule has 0 saturated heterocycles. The second-order valence-electron chi connectivity index (χ2n) is 5.69. The molecule has 0 aromatic carbocycles. The average molecular weight is 291 g/mol. The Morgan fingerprint density at radius 1 is 1.50 bits per heavy atom. The third-order valence-corrected chi connectivity index (χ3v) is 5.31. The standard InChI is InChI=1S/C15H21N3OS/c1-3-10(7-19)18-14-13-11-5-4-9(2)6-12(11)20-15(13)17-8-16-14/h8-10,19H,3-7H2,1-2H3,(H,16,17,18)/t9-,10+/m0/s1. The highest BCUT2D eigenvalue weighted by molar-refractivity contribution is 7.19. The van der Waals surface area contributed by atoms with E-state index in [9.17, 15) is 5.11 Å². The first kappa shape index (κ1) is 13.8. The monoisotopic (exact) mass is 291 g/mol. The van der Waals surface area contributed by atoms with E-state index in [1.165, 1.54) is 22.2 Å². The van der Waals surface area contributed by atoms with Crippen LogP contribution >= 0.6 is 11.3 Å². The predicted octanol–water partition coefficient (Wildman–Crippen LogP) is 3.00. The summed E-state index contributed by atoms with van der Waals surface area (Å²) in [4.78, 5) is 11.4. The molecule has 0 amide bonds. The first-order valence-electron chi connectivity index (χ1n) is 7.35. The quantitative estimate of drug-likeness (QED) is 0.909. The minimum absolute atomic E-state index is 0.0613. The first-order valence-corrected chi connectivity index (χ1v) is 8.17. The molecule has 2 atom stereocenters. The molecule has 2 N–H and O–H groups in total. The molecule has 20 heavy (non-hydrogen) atoms. The summed E-state index contributed by atoms with van der Waals surface area (Å²) < 4.78 is 0. The lowest BCUT2D eigenvalue weighted by Gasteiger charge is -2.19. The number of nitrogens with zero attached hydrogens (tertiary/aromatic N) is 2. The number of thiophene rings is 1. The van der Waals surface area contributed by atoms with E-state index in [4.69, 9.17) is 0 Å². The van der Waals surface area contributed by atoms with E-state index in [0.717, 1.165) is 35.8 Å². The SMILES string of the molecule is CC[C@H](CO)Nc1ncnc2sc3c(c12)CC[C@H](C)C3. The summed E-state index contributed by atoms with van der Waals surface area (Å²) in [5, 5.41) is 13.9. The van der Waals surface area contributed by atoms with Gasteiger partial charge in [-0.1, -0.05) is 13.8 Å². The Labute approximate surface area is 123 Å². The van der Waals surface area contributed by atoms with Crippen LogP contribution in [-0.2, 0) is 12.8 Å². The van der Waals surface area contributed by atoms with E-state index in [1.807, 2.05) is 0 Å². The van der Waals surface area contributed by atoms with Crippen LogP contribution in [0.1, 0.15) is 37.1 Å². The molecule has 2 aromatic heterocycles. The lowest BCUT2D eigenvalue weighted by atomic mass is 9.89. The Morgan fingerprint density at radius 3 is 3.10 bits per heavy atom. The summed E-state index contributed by atoms with van der Waals surface area (Å²) in [6, 6.07) is 0.0613. The van der Waals surface area contributed by atoms with Crippen molar-refractivity contribution < 1.29 is 5.11 Å². The van der Waals surface area contributed by atoms with E-state index in [-0.39, 0.29) is 12.6 Å². The van der Waals surface area contributed by atoms with E-state index < -0.39 is 0 Å². The Balaban J connectivity index is 2.05. The van der Waals surface area contributed by atoms with Gasteiger partial charge in [0.1, 0.15) is 17.0 Å². The molecule has 5 heteroatoms. The number of anilines is 1. The molecule has 0 bridgehead atoms. The molecule has 4 nitrogen and oxygen atoms in total. The van der Waals surface area contributed by atoms with Crippen LogP contribution in [0.4, 0.5) is 5.82 Å². The minimum Gasteiger partial charge on any atom is -0.394 e. The highest BCUT2D eigenvalue weighted by atomic mass is 32.1. The van der Waals surface area contributed by atoms with Gasteiger partial charge in [0.2, 0.25) is 0 Å². The van der Waals surface area contributed by atoms with Crippen molar-refractivity contribution in [2.45, 2.75) is 45.6 Å². The molecule has 1 aliphatic carbocycles. The molecule has 1 aliphatic rings. The highest BCUT2D eigenvalue weighted by Gasteiger charge is 2.23. The van der Waals surface area contributed by atoms with Crippen LogP contribution in [-0.4, -0.2) is 27.7 Å². The molecule has 0 radical (unpaired) electrons. The van der Waals surface area contributed by atoms with Gasteiger partial charge in [-0.2, -0.15) is 0 Å². The van der Waals surface area contributed by atoms with Crippen molar-refractivity contribution in [3.63, 3.8) is 0 Å². The third-order valence-electron chi connectivity index (χ3n) is 4.15. The van der Waals surface area contributed by atoms with Crippen LogP contribution in [0.2, 0.25) is 0 Å². The van der Waals surface area contributed by atoms with Gasteiger partial charge < -0.3 is 10.4 Å². The predicted molar refractivity (Wildman–Crippen MR) is 83.4 cm³/mol. The zero-order chi connectivity index (χ0) is 14.1. The summed E-state index contributed by atoms with van der Waals surface area (Å²) in [5.41, 5.74) is 1.43. The number of hydrogen-bond donors (Lipinski definition) is 2. The molecule has 2 heterocycles. The molecule has 108 valence electrons. The van der Waals surface area contributed by atoms with E-state index in [2.05, 4.69) is 29.1 Å². The maximum atomic E-state index is 9.38. The van der Waals surface area contributed by atoms with Crippen LogP contribution in [0, 0.1) is 5.92 Å². The van der Waals surface area contributed by atoms with Crippen LogP contribution in [0.5, 0.6) is 0 Å². The lowest BCUT2D eigenvalue weighted by Crippen LogP contribution is -2.23. The van der Waals surface area contributed by atoms with Gasteiger partial charge in [0.05, 0.1) is 18.0 Å². The highest BCUT2D eigenvalue weighted by Crippen LogP contribution is 2.39. The van der Waals surface area contributed by atoms with Crippen LogP contribution in [0.25, 0.3) is 10.2 Å². The zero-order valence-electron chi connectivity index (χ0n) is 12.0. The molecule has 0 fully saturated rings. The topological polar surface area (TPSA) is 58.0 Å². The van der Waals surface area contributed by atoms with Gasteiger partial charge in [0, 0.05) is 4.88 Å². The second-order valence-corrected chi connectivity index (χ2v) is 6.77. The van der Waals surface area contributed by atoms with Crippen LogP contribution in [0.3, 0.4) is 0 Å². The van der Waals surface area contributed by atoms with Gasteiger partial charge in [0.15, 0.2) is 0 Å². The van der Waals surface area contributed by atoms with Gasteiger partial charge in [-0.05, 0) is 37.2 Å². The van der Waals surface area contributed by atoms with Gasteiger partial charge in [0.25, 0.3) is 0 Å². The molecule has 0 spiro atoms. The normalized spacial score (nSPS) is 19.9. The maximum absolute atomic E-state index is 9.38. The summed E-state index contributed by atoms with van der Waals surface area (Å²) in [6.07, 6.45) is 6.03. The number of hydrogen-bond acceptors (Lipinski definition) is 5. The molecule has 0 aliphatic heterocycles. The number of aryl methyl sites for hydroxylation is 1. The average Bonchev–Trinajstić information content (AvgIpc) is 2.82. The molecule has 0 unspecified atom stereocenters. The summed E-state index contributed by atoms with van der Waals surface area (Å²) >= 11 is 1.81. The smallest absolute Gasteiger partial charge is 0.138 e. The van der Waals surface area contributed by atoms with Crippen molar-refractivity contribution in [2.75, 3.05) is 11.9 Å². The number of fused-ring (bicyclic) bond motifs is 3. The van der Waals surface area contributed by atoms with Crippen molar-refractivity contribution >= 4 is 27.4 Å². The van der Waals surface area contributed by atoms with Gasteiger partial charge in [-0.15, -0.1) is 11.3 Å². The summed E-state index contributed by atoms with van der Waals surface area (Å²) in [7, 11) is 0. The zero-order valence-corrected chi connectivity index (χ0v) is 12.8. The minimum atomic E-state index is 0.0613. The fourth-order valence-electron chi connectivity index (χ4n) is 2.85. The van der Waals surface area contributed by atoms with Crippen molar-refractivity contribution in [1.29, 1.82) is 0 Å².